The highest BCUT2D eigenvalue weighted by atomic mass is 16.5. The van der Waals surface area contributed by atoms with Gasteiger partial charge >= 0.3 is 5.97 Å². The van der Waals surface area contributed by atoms with Crippen molar-refractivity contribution < 1.29 is 14.3 Å². The number of methoxy groups -OCH3 is 1. The second-order valence-electron chi connectivity index (χ2n) is 5.32. The van der Waals surface area contributed by atoms with E-state index in [1.54, 1.807) is 0 Å². The lowest BCUT2D eigenvalue weighted by atomic mass is 10.2. The van der Waals surface area contributed by atoms with Gasteiger partial charge in [-0.1, -0.05) is 6.92 Å². The topological polar surface area (TPSA) is 61.9 Å². The fourth-order valence-electron chi connectivity index (χ4n) is 2.15. The summed E-state index contributed by atoms with van der Waals surface area (Å²) in [5.74, 6) is -0.0669. The van der Waals surface area contributed by atoms with E-state index in [0.717, 1.165) is 39.1 Å². The molecule has 6 nitrogen and oxygen atoms in total. The molecule has 1 N–H and O–H groups in total. The second-order valence-corrected chi connectivity index (χ2v) is 5.32. The lowest BCUT2D eigenvalue weighted by molar-refractivity contribution is -0.141. The zero-order valence-electron chi connectivity index (χ0n) is 12.9. The number of nitrogens with one attached hydrogen (secondary N) is 1. The predicted octanol–water partition coefficient (Wildman–Crippen LogP) is 0.0818. The third-order valence-corrected chi connectivity index (χ3v) is 3.71. The fourth-order valence-corrected chi connectivity index (χ4v) is 2.15. The van der Waals surface area contributed by atoms with E-state index in [0.29, 0.717) is 13.0 Å². The first-order chi connectivity index (χ1) is 9.55. The van der Waals surface area contributed by atoms with Crippen LogP contribution in [-0.4, -0.2) is 74.1 Å². The number of nitrogens with zero attached hydrogens (tertiary/aromatic N) is 2. The SMILES string of the molecule is CCC(C)NC(=O)CN1CCN(CCC(=O)OC)CC1. The molecule has 1 fully saturated rings. The molecule has 1 heterocycles. The number of carbonyl (C=O) groups excluding carboxylic acids is 2. The molecule has 116 valence electrons. The molecule has 0 aliphatic carbocycles. The van der Waals surface area contributed by atoms with E-state index < -0.39 is 0 Å². The minimum atomic E-state index is -0.166. The Morgan fingerprint density at radius 3 is 2.35 bits per heavy atom. The monoisotopic (exact) mass is 285 g/mol. The molecule has 1 amide bonds. The van der Waals surface area contributed by atoms with Crippen LogP contribution in [0.1, 0.15) is 26.7 Å². The summed E-state index contributed by atoms with van der Waals surface area (Å²) in [6.07, 6.45) is 1.39. The maximum atomic E-state index is 11.8. The van der Waals surface area contributed by atoms with Crippen molar-refractivity contribution in [2.45, 2.75) is 32.7 Å². The van der Waals surface area contributed by atoms with Gasteiger partial charge in [0.25, 0.3) is 0 Å². The number of hydrogen-bond donors (Lipinski definition) is 1. The summed E-state index contributed by atoms with van der Waals surface area (Å²) in [6.45, 7) is 8.81. The summed E-state index contributed by atoms with van der Waals surface area (Å²) >= 11 is 0. The molecule has 6 heteroatoms. The maximum Gasteiger partial charge on any atom is 0.306 e. The normalized spacial score (nSPS) is 18.6. The summed E-state index contributed by atoms with van der Waals surface area (Å²) < 4.78 is 4.63. The van der Waals surface area contributed by atoms with E-state index in [-0.39, 0.29) is 17.9 Å². The number of carbonyl (C=O) groups is 2. The van der Waals surface area contributed by atoms with Crippen LogP contribution in [0.3, 0.4) is 0 Å². The van der Waals surface area contributed by atoms with Crippen LogP contribution in [-0.2, 0) is 14.3 Å². The Bertz CT molecular complexity index is 315. The van der Waals surface area contributed by atoms with Crippen molar-refractivity contribution in [2.75, 3.05) is 46.4 Å². The third-order valence-electron chi connectivity index (χ3n) is 3.71. The van der Waals surface area contributed by atoms with Crippen LogP contribution in [0.4, 0.5) is 0 Å². The van der Waals surface area contributed by atoms with Crippen LogP contribution in [0, 0.1) is 0 Å². The quantitative estimate of drug-likeness (QED) is 0.671. The summed E-state index contributed by atoms with van der Waals surface area (Å²) in [7, 11) is 1.41. The van der Waals surface area contributed by atoms with Gasteiger partial charge in [0.15, 0.2) is 0 Å². The first kappa shape index (κ1) is 16.9. The minimum Gasteiger partial charge on any atom is -0.469 e. The molecular weight excluding hydrogens is 258 g/mol. The average molecular weight is 285 g/mol. The molecule has 0 saturated carbocycles. The van der Waals surface area contributed by atoms with E-state index >= 15 is 0 Å². The Labute approximate surface area is 121 Å². The van der Waals surface area contributed by atoms with Gasteiger partial charge < -0.3 is 15.0 Å². The Morgan fingerprint density at radius 1 is 1.20 bits per heavy atom. The van der Waals surface area contributed by atoms with Crippen LogP contribution in [0.25, 0.3) is 0 Å². The van der Waals surface area contributed by atoms with Crippen LogP contribution in [0.15, 0.2) is 0 Å². The first-order valence-corrected chi connectivity index (χ1v) is 7.36. The summed E-state index contributed by atoms with van der Waals surface area (Å²) in [6, 6.07) is 0.240. The lowest BCUT2D eigenvalue weighted by Gasteiger charge is -2.34. The number of rotatable bonds is 7. The largest absolute Gasteiger partial charge is 0.469 e. The zero-order chi connectivity index (χ0) is 15.0. The fraction of sp³-hybridized carbons (Fsp3) is 0.857. The molecule has 1 unspecified atom stereocenters. The van der Waals surface area contributed by atoms with E-state index in [9.17, 15) is 9.59 Å². The molecule has 0 aromatic carbocycles. The molecular formula is C14H27N3O3. The van der Waals surface area contributed by atoms with Crippen molar-refractivity contribution in [1.29, 1.82) is 0 Å². The molecule has 0 bridgehead atoms. The number of hydrogen-bond acceptors (Lipinski definition) is 5. The van der Waals surface area contributed by atoms with Crippen LogP contribution < -0.4 is 5.32 Å². The van der Waals surface area contributed by atoms with E-state index in [1.165, 1.54) is 7.11 Å². The van der Waals surface area contributed by atoms with Crippen molar-refractivity contribution in [2.24, 2.45) is 0 Å². The van der Waals surface area contributed by atoms with E-state index in [4.69, 9.17) is 0 Å². The predicted molar refractivity (Wildman–Crippen MR) is 77.4 cm³/mol. The summed E-state index contributed by atoms with van der Waals surface area (Å²) in [5.41, 5.74) is 0. The molecule has 20 heavy (non-hydrogen) atoms. The van der Waals surface area contributed by atoms with Crippen LogP contribution >= 0.6 is 0 Å². The molecule has 0 radical (unpaired) electrons. The molecule has 0 aromatic rings. The van der Waals surface area contributed by atoms with Gasteiger partial charge in [0, 0.05) is 38.8 Å². The molecule has 1 aliphatic heterocycles. The molecule has 0 aromatic heterocycles. The van der Waals surface area contributed by atoms with Crippen molar-refractivity contribution in [3.8, 4) is 0 Å². The summed E-state index contributed by atoms with van der Waals surface area (Å²) in [5, 5.41) is 2.98. The highest BCUT2D eigenvalue weighted by Crippen LogP contribution is 2.03. The Balaban J connectivity index is 2.18. The van der Waals surface area contributed by atoms with Gasteiger partial charge in [-0.2, -0.15) is 0 Å². The van der Waals surface area contributed by atoms with E-state index in [1.807, 2.05) is 6.92 Å². The standard InChI is InChI=1S/C14H27N3O3/c1-4-12(2)15-13(18)11-17-9-7-16(8-10-17)6-5-14(19)20-3/h12H,4-11H2,1-3H3,(H,15,18). The molecule has 0 spiro atoms. The molecule has 1 rings (SSSR count). The zero-order valence-corrected chi connectivity index (χ0v) is 12.9. The lowest BCUT2D eigenvalue weighted by Crippen LogP contribution is -2.50. The smallest absolute Gasteiger partial charge is 0.306 e. The average Bonchev–Trinajstić information content (AvgIpc) is 2.45. The van der Waals surface area contributed by atoms with Crippen molar-refractivity contribution >= 4 is 11.9 Å². The van der Waals surface area contributed by atoms with Gasteiger partial charge in [0.05, 0.1) is 20.1 Å². The Morgan fingerprint density at radius 2 is 1.80 bits per heavy atom. The number of piperazine rings is 1. The summed E-state index contributed by atoms with van der Waals surface area (Å²) in [4.78, 5) is 27.3. The van der Waals surface area contributed by atoms with Crippen molar-refractivity contribution in [3.05, 3.63) is 0 Å². The molecule has 1 saturated heterocycles. The van der Waals surface area contributed by atoms with Gasteiger partial charge in [-0.3, -0.25) is 14.5 Å². The highest BCUT2D eigenvalue weighted by molar-refractivity contribution is 5.78. The first-order valence-electron chi connectivity index (χ1n) is 7.36. The van der Waals surface area contributed by atoms with Gasteiger partial charge in [-0.05, 0) is 13.3 Å². The highest BCUT2D eigenvalue weighted by Gasteiger charge is 2.19. The van der Waals surface area contributed by atoms with Gasteiger partial charge in [-0.15, -0.1) is 0 Å². The molecule has 1 aliphatic rings. The van der Waals surface area contributed by atoms with Gasteiger partial charge in [0.2, 0.25) is 5.91 Å². The Kier molecular flexibility index (Phi) is 7.54. The van der Waals surface area contributed by atoms with Gasteiger partial charge in [-0.25, -0.2) is 0 Å². The minimum absolute atomic E-state index is 0.0994. The number of esters is 1. The van der Waals surface area contributed by atoms with Gasteiger partial charge in [0.1, 0.15) is 0 Å². The van der Waals surface area contributed by atoms with Crippen molar-refractivity contribution in [3.63, 3.8) is 0 Å². The Hall–Kier alpha value is -1.14. The van der Waals surface area contributed by atoms with Crippen LogP contribution in [0.2, 0.25) is 0 Å². The maximum absolute atomic E-state index is 11.8. The number of amides is 1. The van der Waals surface area contributed by atoms with E-state index in [2.05, 4.69) is 26.8 Å². The van der Waals surface area contributed by atoms with Crippen LogP contribution in [0.5, 0.6) is 0 Å². The second kappa shape index (κ2) is 8.92. The number of ether oxygens (including phenoxy) is 1. The molecule has 1 atom stereocenters. The third kappa shape index (κ3) is 6.34. The van der Waals surface area contributed by atoms with Crippen molar-refractivity contribution in [1.82, 2.24) is 15.1 Å².